The first kappa shape index (κ1) is 15.8. The van der Waals surface area contributed by atoms with E-state index in [1.807, 2.05) is 6.07 Å². The van der Waals surface area contributed by atoms with Crippen molar-refractivity contribution in [1.29, 1.82) is 0 Å². The molecule has 1 saturated heterocycles. The summed E-state index contributed by atoms with van der Waals surface area (Å²) in [6.07, 6.45) is 3.65. The molecule has 0 bridgehead atoms. The van der Waals surface area contributed by atoms with Gasteiger partial charge in [0.1, 0.15) is 6.61 Å². The lowest BCUT2D eigenvalue weighted by Gasteiger charge is -2.19. The fraction of sp³-hybridized carbons (Fsp3) is 0.588. The summed E-state index contributed by atoms with van der Waals surface area (Å²) in [7, 11) is 0. The molecule has 2 rings (SSSR count). The van der Waals surface area contributed by atoms with Crippen molar-refractivity contribution in [2.24, 2.45) is 5.92 Å². The van der Waals surface area contributed by atoms with Crippen molar-refractivity contribution in [2.45, 2.75) is 45.3 Å². The smallest absolute Gasteiger partial charge is 0.435 e. The Morgan fingerprint density at radius 1 is 1.33 bits per heavy atom. The second-order valence-corrected chi connectivity index (χ2v) is 5.52. The van der Waals surface area contributed by atoms with E-state index in [1.54, 1.807) is 6.92 Å². The van der Waals surface area contributed by atoms with E-state index in [2.05, 4.69) is 31.2 Å². The maximum absolute atomic E-state index is 11.4. The Kier molecular flexibility index (Phi) is 5.62. The molecule has 0 aromatic heterocycles. The van der Waals surface area contributed by atoms with Gasteiger partial charge < -0.3 is 14.2 Å². The molecule has 1 aliphatic heterocycles. The molecule has 1 aliphatic rings. The molecule has 1 fully saturated rings. The van der Waals surface area contributed by atoms with Gasteiger partial charge in [0.25, 0.3) is 0 Å². The van der Waals surface area contributed by atoms with E-state index >= 15 is 0 Å². The summed E-state index contributed by atoms with van der Waals surface area (Å²) in [6.45, 7) is 4.62. The molecule has 0 N–H and O–H groups in total. The molecule has 4 nitrogen and oxygen atoms in total. The highest BCUT2D eigenvalue weighted by atomic mass is 16.8. The van der Waals surface area contributed by atoms with Crippen LogP contribution in [0.15, 0.2) is 30.3 Å². The van der Waals surface area contributed by atoms with Crippen LogP contribution in [0.5, 0.6) is 0 Å². The van der Waals surface area contributed by atoms with Gasteiger partial charge in [-0.1, -0.05) is 43.7 Å². The monoisotopic (exact) mass is 292 g/mol. The second-order valence-electron chi connectivity index (χ2n) is 5.52. The van der Waals surface area contributed by atoms with E-state index in [4.69, 9.17) is 14.2 Å². The van der Waals surface area contributed by atoms with Gasteiger partial charge >= 0.3 is 6.16 Å². The second kappa shape index (κ2) is 7.46. The number of hydrogen-bond acceptors (Lipinski definition) is 4. The molecule has 2 unspecified atom stereocenters. The minimum absolute atomic E-state index is 0.192. The van der Waals surface area contributed by atoms with Gasteiger partial charge in [-0.3, -0.25) is 0 Å². The zero-order valence-corrected chi connectivity index (χ0v) is 12.8. The van der Waals surface area contributed by atoms with Crippen molar-refractivity contribution in [1.82, 2.24) is 0 Å². The average Bonchev–Trinajstić information content (AvgIpc) is 3.25. The highest BCUT2D eigenvalue weighted by molar-refractivity contribution is 5.60. The normalized spacial score (nSPS) is 21.6. The summed E-state index contributed by atoms with van der Waals surface area (Å²) in [6, 6.07) is 10.5. The Labute approximate surface area is 126 Å². The van der Waals surface area contributed by atoms with Crippen LogP contribution in [0, 0.1) is 5.92 Å². The summed E-state index contributed by atoms with van der Waals surface area (Å²) in [4.78, 5) is 11.4. The van der Waals surface area contributed by atoms with Gasteiger partial charge in [0, 0.05) is 5.92 Å². The first-order chi connectivity index (χ1) is 10.2. The summed E-state index contributed by atoms with van der Waals surface area (Å²) in [5.74, 6) is -0.545. The molecule has 1 aromatic rings. The topological polar surface area (TPSA) is 48.1 Å². The summed E-state index contributed by atoms with van der Waals surface area (Å²) >= 11 is 0. The van der Waals surface area contributed by atoms with E-state index in [1.165, 1.54) is 5.56 Å². The lowest BCUT2D eigenvalue weighted by atomic mass is 9.96. The largest absolute Gasteiger partial charge is 0.510 e. The predicted octanol–water partition coefficient (Wildman–Crippen LogP) is 3.94. The van der Waals surface area contributed by atoms with Gasteiger partial charge in [-0.05, 0) is 31.7 Å². The van der Waals surface area contributed by atoms with E-state index in [-0.39, 0.29) is 5.92 Å². The lowest BCUT2D eigenvalue weighted by Crippen LogP contribution is -2.29. The molecular weight excluding hydrogens is 268 g/mol. The first-order valence-electron chi connectivity index (χ1n) is 7.70. The van der Waals surface area contributed by atoms with Crippen molar-refractivity contribution >= 4 is 6.16 Å². The number of benzene rings is 1. The Morgan fingerprint density at radius 2 is 2.05 bits per heavy atom. The van der Waals surface area contributed by atoms with E-state index in [0.717, 1.165) is 25.7 Å². The van der Waals surface area contributed by atoms with Crippen LogP contribution in [0.25, 0.3) is 0 Å². The third-order valence-corrected chi connectivity index (χ3v) is 3.89. The van der Waals surface area contributed by atoms with Crippen LogP contribution in [0.2, 0.25) is 0 Å². The number of carbonyl (C=O) groups excluding carboxylic acids is 1. The molecule has 4 heteroatoms. The molecule has 1 aromatic carbocycles. The van der Waals surface area contributed by atoms with E-state index in [0.29, 0.717) is 13.2 Å². The van der Waals surface area contributed by atoms with Crippen molar-refractivity contribution in [3.8, 4) is 0 Å². The minimum Gasteiger partial charge on any atom is -0.435 e. The standard InChI is InChI=1S/C17H24O4/c1-3-19-16(18)21-17(13-20-17)14(2)9-7-8-12-15-10-5-4-6-11-15/h4-6,10-11,14H,3,7-9,12-13H2,1-2H3. The number of hydrogen-bond donors (Lipinski definition) is 0. The van der Waals surface area contributed by atoms with Crippen LogP contribution in [-0.4, -0.2) is 25.2 Å². The summed E-state index contributed by atoms with van der Waals surface area (Å²) in [5.41, 5.74) is 1.37. The molecular formula is C17H24O4. The quantitative estimate of drug-likeness (QED) is 0.414. The van der Waals surface area contributed by atoms with Crippen molar-refractivity contribution in [2.75, 3.05) is 13.2 Å². The van der Waals surface area contributed by atoms with E-state index in [9.17, 15) is 4.79 Å². The van der Waals surface area contributed by atoms with Gasteiger partial charge in [-0.25, -0.2) is 4.79 Å². The van der Waals surface area contributed by atoms with Gasteiger partial charge in [0.05, 0.1) is 6.61 Å². The zero-order valence-electron chi connectivity index (χ0n) is 12.8. The lowest BCUT2D eigenvalue weighted by molar-refractivity contribution is -0.0630. The average molecular weight is 292 g/mol. The molecule has 0 saturated carbocycles. The molecule has 0 aliphatic carbocycles. The van der Waals surface area contributed by atoms with Crippen LogP contribution < -0.4 is 0 Å². The fourth-order valence-electron chi connectivity index (χ4n) is 2.45. The number of rotatable bonds is 8. The Balaban J connectivity index is 1.67. The Bertz CT molecular complexity index is 439. The zero-order chi connectivity index (χ0) is 15.1. The van der Waals surface area contributed by atoms with Gasteiger partial charge in [-0.15, -0.1) is 0 Å². The molecule has 0 radical (unpaired) electrons. The van der Waals surface area contributed by atoms with Crippen LogP contribution >= 0.6 is 0 Å². The first-order valence-corrected chi connectivity index (χ1v) is 7.70. The maximum atomic E-state index is 11.4. The molecule has 21 heavy (non-hydrogen) atoms. The summed E-state index contributed by atoms with van der Waals surface area (Å²) in [5, 5.41) is 0. The number of ether oxygens (including phenoxy) is 3. The molecule has 116 valence electrons. The fourth-order valence-corrected chi connectivity index (χ4v) is 2.45. The van der Waals surface area contributed by atoms with Gasteiger partial charge in [0.2, 0.25) is 5.79 Å². The Hall–Kier alpha value is -1.55. The van der Waals surface area contributed by atoms with Gasteiger partial charge in [-0.2, -0.15) is 0 Å². The van der Waals surface area contributed by atoms with Crippen LogP contribution in [-0.2, 0) is 20.6 Å². The minimum atomic E-state index is -0.737. The number of epoxide rings is 1. The molecule has 1 heterocycles. The highest BCUT2D eigenvalue weighted by Gasteiger charge is 2.54. The van der Waals surface area contributed by atoms with Gasteiger partial charge in [0.15, 0.2) is 0 Å². The van der Waals surface area contributed by atoms with Crippen LogP contribution in [0.1, 0.15) is 38.7 Å². The van der Waals surface area contributed by atoms with Crippen molar-refractivity contribution < 1.29 is 19.0 Å². The predicted molar refractivity (Wildman–Crippen MR) is 80.0 cm³/mol. The van der Waals surface area contributed by atoms with Crippen LogP contribution in [0.3, 0.4) is 0 Å². The number of carbonyl (C=O) groups is 1. The van der Waals surface area contributed by atoms with E-state index < -0.39 is 11.9 Å². The molecule has 0 spiro atoms. The highest BCUT2D eigenvalue weighted by Crippen LogP contribution is 2.39. The third kappa shape index (κ3) is 4.74. The third-order valence-electron chi connectivity index (χ3n) is 3.89. The maximum Gasteiger partial charge on any atom is 0.510 e. The Morgan fingerprint density at radius 3 is 2.67 bits per heavy atom. The molecule has 2 atom stereocenters. The van der Waals surface area contributed by atoms with Crippen LogP contribution in [0.4, 0.5) is 4.79 Å². The molecule has 0 amide bonds. The summed E-state index contributed by atoms with van der Waals surface area (Å²) < 4.78 is 15.5. The van der Waals surface area contributed by atoms with Crippen molar-refractivity contribution in [3.05, 3.63) is 35.9 Å². The van der Waals surface area contributed by atoms with Crippen molar-refractivity contribution in [3.63, 3.8) is 0 Å². The SMILES string of the molecule is CCOC(=O)OC1(C(C)CCCCc2ccccc2)CO1. The number of aryl methyl sites for hydroxylation is 1. The number of unbranched alkanes of at least 4 members (excludes halogenated alkanes) is 1.